The molecule has 2 fully saturated rings. The Bertz CT molecular complexity index is 708. The van der Waals surface area contributed by atoms with Crippen LogP contribution in [0.5, 0.6) is 5.88 Å². The Balaban J connectivity index is 1.24. The van der Waals surface area contributed by atoms with Crippen LogP contribution in [0.15, 0.2) is 23.1 Å². The Hall–Kier alpha value is -1.99. The van der Waals surface area contributed by atoms with Gasteiger partial charge < -0.3 is 14.0 Å². The quantitative estimate of drug-likeness (QED) is 0.785. The fourth-order valence-corrected chi connectivity index (χ4v) is 4.12. The lowest BCUT2D eigenvalue weighted by Gasteiger charge is -2.53. The fraction of sp³-hybridized carbons (Fsp3) is 0.632. The Morgan fingerprint density at radius 1 is 1.31 bits per heavy atom. The number of likely N-dealkylation sites (tertiary alicyclic amines) is 1. The molecular formula is C19H26N4O3. The average Bonchev–Trinajstić information content (AvgIpc) is 2.94. The highest BCUT2D eigenvalue weighted by Gasteiger charge is 2.47. The van der Waals surface area contributed by atoms with Gasteiger partial charge in [0.15, 0.2) is 0 Å². The highest BCUT2D eigenvalue weighted by molar-refractivity contribution is 5.21. The van der Waals surface area contributed by atoms with E-state index < -0.39 is 0 Å². The molecule has 2 aromatic rings. The molecule has 2 aliphatic heterocycles. The predicted molar refractivity (Wildman–Crippen MR) is 94.8 cm³/mol. The van der Waals surface area contributed by atoms with Gasteiger partial charge in [0.1, 0.15) is 5.76 Å². The van der Waals surface area contributed by atoms with E-state index in [-0.39, 0.29) is 5.60 Å². The van der Waals surface area contributed by atoms with Crippen molar-refractivity contribution in [3.8, 4) is 5.88 Å². The summed E-state index contributed by atoms with van der Waals surface area (Å²) in [5, 5.41) is 4.05. The molecule has 0 saturated carbocycles. The summed E-state index contributed by atoms with van der Waals surface area (Å²) >= 11 is 0. The van der Waals surface area contributed by atoms with E-state index in [9.17, 15) is 0 Å². The van der Waals surface area contributed by atoms with Crippen molar-refractivity contribution >= 4 is 0 Å². The summed E-state index contributed by atoms with van der Waals surface area (Å²) in [7, 11) is 0. The number of rotatable bonds is 6. The highest BCUT2D eigenvalue weighted by Crippen LogP contribution is 2.39. The van der Waals surface area contributed by atoms with Crippen LogP contribution in [0.1, 0.15) is 36.3 Å². The largest absolute Gasteiger partial charge is 0.477 e. The van der Waals surface area contributed by atoms with Crippen LogP contribution < -0.4 is 4.74 Å². The monoisotopic (exact) mass is 358 g/mol. The minimum absolute atomic E-state index is 0.0223. The molecule has 7 nitrogen and oxygen atoms in total. The molecule has 0 bridgehead atoms. The van der Waals surface area contributed by atoms with Gasteiger partial charge in [-0.1, -0.05) is 5.16 Å². The normalized spacial score (nSPS) is 22.3. The molecule has 2 saturated heterocycles. The molecular weight excluding hydrogens is 332 g/mol. The molecule has 26 heavy (non-hydrogen) atoms. The van der Waals surface area contributed by atoms with E-state index in [2.05, 4.69) is 20.0 Å². The van der Waals surface area contributed by atoms with Crippen molar-refractivity contribution in [2.45, 2.75) is 45.3 Å². The van der Waals surface area contributed by atoms with Crippen molar-refractivity contribution in [3.05, 3.63) is 35.6 Å². The smallest absolute Gasteiger partial charge is 0.232 e. The molecule has 0 aromatic carbocycles. The summed E-state index contributed by atoms with van der Waals surface area (Å²) in [6, 6.07) is 0. The molecule has 7 heteroatoms. The van der Waals surface area contributed by atoms with Crippen LogP contribution in [0.4, 0.5) is 0 Å². The molecule has 140 valence electrons. The van der Waals surface area contributed by atoms with Crippen LogP contribution in [0.3, 0.4) is 0 Å². The molecule has 1 atom stereocenters. The number of ether oxygens (including phenoxy) is 2. The molecule has 4 heterocycles. The van der Waals surface area contributed by atoms with Crippen LogP contribution in [-0.4, -0.2) is 51.9 Å². The van der Waals surface area contributed by atoms with Crippen molar-refractivity contribution in [2.24, 2.45) is 5.92 Å². The average molecular weight is 358 g/mol. The summed E-state index contributed by atoms with van der Waals surface area (Å²) in [6.07, 6.45) is 8.21. The van der Waals surface area contributed by atoms with Gasteiger partial charge in [0.2, 0.25) is 5.88 Å². The lowest BCUT2D eigenvalue weighted by atomic mass is 9.79. The first-order chi connectivity index (χ1) is 12.6. The third-order valence-electron chi connectivity index (χ3n) is 5.50. The predicted octanol–water partition coefficient (Wildman–Crippen LogP) is 2.53. The second-order valence-corrected chi connectivity index (χ2v) is 7.52. The van der Waals surface area contributed by atoms with Crippen LogP contribution in [0.25, 0.3) is 0 Å². The van der Waals surface area contributed by atoms with Crippen LogP contribution in [0, 0.1) is 19.8 Å². The standard InChI is InChI=1S/C19H26N4O3/c1-14-17(15(2)26-22-14)11-23-12-19(13-23)9-16(4-8-25-19)3-7-24-18-10-20-5-6-21-18/h5-6,10,16H,3-4,7-9,11-13H2,1-2H3/t16-/m0/s1. The van der Waals surface area contributed by atoms with E-state index in [1.54, 1.807) is 18.6 Å². The van der Waals surface area contributed by atoms with Crippen LogP contribution in [0.2, 0.25) is 0 Å². The molecule has 0 aliphatic carbocycles. The number of aromatic nitrogens is 3. The maximum atomic E-state index is 6.16. The van der Waals surface area contributed by atoms with Crippen molar-refractivity contribution in [1.29, 1.82) is 0 Å². The Morgan fingerprint density at radius 3 is 2.92 bits per heavy atom. The molecule has 0 unspecified atom stereocenters. The zero-order chi connectivity index (χ0) is 18.0. The zero-order valence-corrected chi connectivity index (χ0v) is 15.5. The zero-order valence-electron chi connectivity index (χ0n) is 15.5. The molecule has 2 aliphatic rings. The van der Waals surface area contributed by atoms with Gasteiger partial charge in [-0.05, 0) is 39.0 Å². The fourth-order valence-electron chi connectivity index (χ4n) is 4.12. The van der Waals surface area contributed by atoms with E-state index in [1.807, 2.05) is 13.8 Å². The van der Waals surface area contributed by atoms with E-state index in [4.69, 9.17) is 14.0 Å². The second kappa shape index (κ2) is 7.32. The molecule has 0 radical (unpaired) electrons. The first-order valence-electron chi connectivity index (χ1n) is 9.30. The Morgan fingerprint density at radius 2 is 2.19 bits per heavy atom. The van der Waals surface area contributed by atoms with Gasteiger partial charge in [-0.15, -0.1) is 0 Å². The molecule has 1 spiro atoms. The van der Waals surface area contributed by atoms with Crippen LogP contribution >= 0.6 is 0 Å². The van der Waals surface area contributed by atoms with E-state index in [0.717, 1.165) is 57.0 Å². The van der Waals surface area contributed by atoms with Crippen molar-refractivity contribution in [1.82, 2.24) is 20.0 Å². The molecule has 0 N–H and O–H groups in total. The number of nitrogens with zero attached hydrogens (tertiary/aromatic N) is 4. The van der Waals surface area contributed by atoms with Crippen molar-refractivity contribution in [2.75, 3.05) is 26.3 Å². The number of hydrogen-bond acceptors (Lipinski definition) is 7. The van der Waals surface area contributed by atoms with Gasteiger partial charge >= 0.3 is 0 Å². The van der Waals surface area contributed by atoms with Crippen molar-refractivity contribution in [3.63, 3.8) is 0 Å². The van der Waals surface area contributed by atoms with Gasteiger partial charge in [0, 0.05) is 44.2 Å². The molecule has 2 aromatic heterocycles. The van der Waals surface area contributed by atoms with Gasteiger partial charge in [-0.25, -0.2) is 4.98 Å². The summed E-state index contributed by atoms with van der Waals surface area (Å²) in [5.41, 5.74) is 2.23. The molecule has 0 amide bonds. The van der Waals surface area contributed by atoms with Crippen LogP contribution in [-0.2, 0) is 11.3 Å². The summed E-state index contributed by atoms with van der Waals surface area (Å²) in [4.78, 5) is 10.6. The first-order valence-corrected chi connectivity index (χ1v) is 9.30. The Labute approximate surface area is 153 Å². The maximum absolute atomic E-state index is 6.16. The second-order valence-electron chi connectivity index (χ2n) is 7.52. The van der Waals surface area contributed by atoms with Crippen molar-refractivity contribution < 1.29 is 14.0 Å². The van der Waals surface area contributed by atoms with E-state index in [1.165, 1.54) is 5.56 Å². The summed E-state index contributed by atoms with van der Waals surface area (Å²) in [5.74, 6) is 2.16. The minimum atomic E-state index is 0.0223. The summed E-state index contributed by atoms with van der Waals surface area (Å²) in [6.45, 7) is 8.38. The third kappa shape index (κ3) is 3.73. The van der Waals surface area contributed by atoms with Gasteiger partial charge in [-0.2, -0.15) is 0 Å². The third-order valence-corrected chi connectivity index (χ3v) is 5.50. The SMILES string of the molecule is Cc1noc(C)c1CN1CC2(C[C@@H](CCOc3cnccn3)CCO2)C1. The number of hydrogen-bond donors (Lipinski definition) is 0. The lowest BCUT2D eigenvalue weighted by Crippen LogP contribution is -2.64. The van der Waals surface area contributed by atoms with E-state index in [0.29, 0.717) is 18.4 Å². The van der Waals surface area contributed by atoms with Gasteiger partial charge in [-0.3, -0.25) is 9.88 Å². The maximum Gasteiger partial charge on any atom is 0.232 e. The lowest BCUT2D eigenvalue weighted by molar-refractivity contribution is -0.182. The first kappa shape index (κ1) is 17.4. The summed E-state index contributed by atoms with van der Waals surface area (Å²) < 4.78 is 17.1. The highest BCUT2D eigenvalue weighted by atomic mass is 16.5. The minimum Gasteiger partial charge on any atom is -0.477 e. The topological polar surface area (TPSA) is 73.5 Å². The van der Waals surface area contributed by atoms with Gasteiger partial charge in [0.05, 0.1) is 24.1 Å². The van der Waals surface area contributed by atoms with E-state index >= 15 is 0 Å². The number of aryl methyl sites for hydroxylation is 2. The molecule has 4 rings (SSSR count). The van der Waals surface area contributed by atoms with Gasteiger partial charge in [0.25, 0.3) is 0 Å². The Kier molecular flexibility index (Phi) is 4.91.